The van der Waals surface area contributed by atoms with Crippen molar-refractivity contribution in [2.75, 3.05) is 33.7 Å². The van der Waals surface area contributed by atoms with Crippen molar-refractivity contribution < 1.29 is 14.5 Å². The first kappa shape index (κ1) is 21.7. The lowest BCUT2D eigenvalue weighted by atomic mass is 9.95. The molecule has 2 rings (SSSR count). The Bertz CT molecular complexity index is 689. The Labute approximate surface area is 170 Å². The molecule has 1 fully saturated rings. The van der Waals surface area contributed by atoms with Crippen LogP contribution in [-0.2, 0) is 9.59 Å². The van der Waals surface area contributed by atoms with Gasteiger partial charge in [0, 0.05) is 18.8 Å². The number of amides is 2. The zero-order valence-corrected chi connectivity index (χ0v) is 18.3. The maximum atomic E-state index is 13.0. The fourth-order valence-corrected chi connectivity index (χ4v) is 4.67. The van der Waals surface area contributed by atoms with Crippen LogP contribution in [0.25, 0.3) is 0 Å². The van der Waals surface area contributed by atoms with Gasteiger partial charge in [0.25, 0.3) is 0 Å². The number of nitrogens with zero attached hydrogens (tertiary/aromatic N) is 3. The Morgan fingerprint density at radius 3 is 2.22 bits per heavy atom. The fourth-order valence-electron chi connectivity index (χ4n) is 3.28. The molecule has 0 spiro atoms. The molecule has 0 unspecified atom stereocenters. The molecular weight excluding hydrogens is 380 g/mol. The predicted octanol–water partition coefficient (Wildman–Crippen LogP) is 1.40. The van der Waals surface area contributed by atoms with Crippen LogP contribution in [0.5, 0.6) is 0 Å². The molecule has 1 atom stereocenters. The molecule has 0 aliphatic carbocycles. The van der Waals surface area contributed by atoms with Gasteiger partial charge in [0.15, 0.2) is 11.0 Å². The highest BCUT2D eigenvalue weighted by atomic mass is 32.1. The van der Waals surface area contributed by atoms with Crippen LogP contribution in [0.2, 0.25) is 0 Å². The summed E-state index contributed by atoms with van der Waals surface area (Å²) in [6, 6.07) is 4.34. The molecule has 0 aromatic carbocycles. The minimum absolute atomic E-state index is 0.200. The normalized spacial score (nSPS) is 18.0. The van der Waals surface area contributed by atoms with E-state index in [0.29, 0.717) is 36.9 Å². The Morgan fingerprint density at radius 2 is 1.81 bits per heavy atom. The molecule has 1 aromatic heterocycles. The van der Waals surface area contributed by atoms with Crippen molar-refractivity contribution >= 4 is 46.2 Å². The third kappa shape index (κ3) is 4.44. The van der Waals surface area contributed by atoms with E-state index in [4.69, 9.17) is 17.2 Å². The molecule has 2 amide bonds. The quantitative estimate of drug-likeness (QED) is 0.401. The van der Waals surface area contributed by atoms with Gasteiger partial charge >= 0.3 is 0 Å². The van der Waals surface area contributed by atoms with Crippen molar-refractivity contribution in [3.63, 3.8) is 0 Å². The number of hydrogen-bond acceptors (Lipinski definition) is 5. The van der Waals surface area contributed by atoms with Gasteiger partial charge in [0.2, 0.25) is 11.8 Å². The number of thiophene rings is 1. The van der Waals surface area contributed by atoms with E-state index in [9.17, 15) is 9.59 Å². The number of likely N-dealkylation sites (N-methyl/N-ethyl adjacent to an activating group) is 1. The Balaban J connectivity index is 2.33. The second-order valence-corrected chi connectivity index (χ2v) is 8.06. The number of quaternary nitrogens is 1. The topological polar surface area (TPSA) is 57.4 Å². The summed E-state index contributed by atoms with van der Waals surface area (Å²) in [6.45, 7) is 7.14. The van der Waals surface area contributed by atoms with Gasteiger partial charge in [-0.05, 0) is 43.9 Å². The van der Waals surface area contributed by atoms with Gasteiger partial charge in [-0.2, -0.15) is 0 Å². The van der Waals surface area contributed by atoms with E-state index >= 15 is 0 Å². The maximum Gasteiger partial charge on any atom is 0.247 e. The van der Waals surface area contributed by atoms with Crippen LogP contribution in [0, 0.1) is 5.92 Å². The fraction of sp³-hybridized carbons (Fsp3) is 0.579. The third-order valence-corrected chi connectivity index (χ3v) is 6.30. The number of rotatable bonds is 8. The van der Waals surface area contributed by atoms with Crippen LogP contribution in [0.3, 0.4) is 0 Å². The minimum atomic E-state index is -0.859. The second kappa shape index (κ2) is 9.52. The van der Waals surface area contributed by atoms with E-state index in [2.05, 4.69) is 25.5 Å². The largest absolute Gasteiger partial charge is 0.331 e. The summed E-state index contributed by atoms with van der Waals surface area (Å²) in [5.74, 6) is -1.35. The van der Waals surface area contributed by atoms with E-state index in [-0.39, 0.29) is 17.9 Å². The molecule has 148 valence electrons. The maximum absolute atomic E-state index is 13.0. The van der Waals surface area contributed by atoms with Crippen molar-refractivity contribution in [2.45, 2.75) is 33.2 Å². The monoisotopic (exact) mass is 409 g/mol. The first-order chi connectivity index (χ1) is 12.9. The smallest absolute Gasteiger partial charge is 0.247 e. The molecule has 0 bridgehead atoms. The van der Waals surface area contributed by atoms with Crippen LogP contribution < -0.4 is 4.90 Å². The van der Waals surface area contributed by atoms with Crippen LogP contribution in [-0.4, -0.2) is 66.2 Å². The predicted molar refractivity (Wildman–Crippen MR) is 113 cm³/mol. The molecule has 1 saturated heterocycles. The Kier molecular flexibility index (Phi) is 7.64. The van der Waals surface area contributed by atoms with E-state index in [1.54, 1.807) is 11.3 Å². The van der Waals surface area contributed by atoms with Crippen molar-refractivity contribution in [1.82, 2.24) is 9.80 Å². The molecule has 8 heteroatoms. The zero-order chi connectivity index (χ0) is 20.1. The van der Waals surface area contributed by atoms with Gasteiger partial charge in [-0.3, -0.25) is 24.4 Å². The van der Waals surface area contributed by atoms with Gasteiger partial charge in [-0.1, -0.05) is 13.0 Å². The molecular formula is C19H29N4O2S2+. The number of carbonyl (C=O) groups excluding carboxylic acids is 2. The summed E-state index contributed by atoms with van der Waals surface area (Å²) in [4.78, 5) is 36.2. The molecule has 1 N–H and O–H groups in total. The number of aliphatic imine (C=N–C) groups is 1. The third-order valence-electron chi connectivity index (χ3n) is 4.88. The van der Waals surface area contributed by atoms with Gasteiger partial charge in [0.05, 0.1) is 25.5 Å². The van der Waals surface area contributed by atoms with Crippen molar-refractivity contribution in [3.05, 3.63) is 22.4 Å². The number of carbonyl (C=O) groups is 2. The van der Waals surface area contributed by atoms with Gasteiger partial charge < -0.3 is 4.90 Å². The van der Waals surface area contributed by atoms with Gasteiger partial charge in [-0.25, -0.2) is 0 Å². The summed E-state index contributed by atoms with van der Waals surface area (Å²) in [7, 11) is 4.19. The van der Waals surface area contributed by atoms with E-state index < -0.39 is 5.92 Å². The Hall–Kier alpha value is -1.64. The second-order valence-electron chi connectivity index (χ2n) is 6.71. The average molecular weight is 410 g/mol. The van der Waals surface area contributed by atoms with Crippen molar-refractivity contribution in [3.8, 4) is 0 Å². The van der Waals surface area contributed by atoms with Crippen molar-refractivity contribution in [2.24, 2.45) is 10.9 Å². The molecule has 1 aliphatic heterocycles. The molecule has 0 saturated carbocycles. The lowest BCUT2D eigenvalue weighted by molar-refractivity contribution is -0.890. The first-order valence-electron chi connectivity index (χ1n) is 9.40. The highest BCUT2D eigenvalue weighted by Crippen LogP contribution is 2.22. The highest BCUT2D eigenvalue weighted by Gasteiger charge is 2.44. The van der Waals surface area contributed by atoms with Gasteiger partial charge in [-0.15, -0.1) is 11.3 Å². The van der Waals surface area contributed by atoms with Crippen LogP contribution in [0.15, 0.2) is 22.5 Å². The molecule has 6 nitrogen and oxygen atoms in total. The summed E-state index contributed by atoms with van der Waals surface area (Å²) < 4.78 is 0. The molecule has 2 heterocycles. The first-order valence-corrected chi connectivity index (χ1v) is 10.7. The standard InChI is InChI=1S/C19H28N4O2S2/c1-6-13(20-12-14(21(4)5)15-10-9-11-27-15)16-17(24)22(7-2)19(26)23(8-3)18(16)25/h9-11,14,16H,6-8,12H2,1-5H3/p+1/t14-/m0/s1. The van der Waals surface area contributed by atoms with Crippen LogP contribution in [0.1, 0.15) is 38.1 Å². The minimum Gasteiger partial charge on any atom is -0.331 e. The molecule has 1 aliphatic rings. The van der Waals surface area contributed by atoms with Crippen LogP contribution in [0.4, 0.5) is 0 Å². The molecule has 27 heavy (non-hydrogen) atoms. The summed E-state index contributed by atoms with van der Waals surface area (Å²) in [5, 5.41) is 2.36. The SMILES string of the molecule is CCC(=NC[C@@H](c1cccs1)[NH+](C)C)C1C(=O)N(CC)C(=S)N(CC)C1=O. The molecule has 1 aromatic rings. The summed E-state index contributed by atoms with van der Waals surface area (Å²) in [6.07, 6.45) is 0.559. The van der Waals surface area contributed by atoms with Crippen molar-refractivity contribution in [1.29, 1.82) is 0 Å². The van der Waals surface area contributed by atoms with Gasteiger partial charge in [0.1, 0.15) is 6.04 Å². The Morgan fingerprint density at radius 1 is 1.22 bits per heavy atom. The van der Waals surface area contributed by atoms with E-state index in [1.807, 2.05) is 26.8 Å². The molecule has 0 radical (unpaired) electrons. The lowest BCUT2D eigenvalue weighted by Crippen LogP contribution is -3.06. The number of thiocarbonyl (C=S) groups is 1. The van der Waals surface area contributed by atoms with E-state index in [1.165, 1.54) is 19.6 Å². The van der Waals surface area contributed by atoms with Crippen LogP contribution >= 0.6 is 23.6 Å². The summed E-state index contributed by atoms with van der Waals surface area (Å²) >= 11 is 7.05. The van der Waals surface area contributed by atoms with E-state index in [0.717, 1.165) is 0 Å². The average Bonchev–Trinajstić information content (AvgIpc) is 3.15. The lowest BCUT2D eigenvalue weighted by Gasteiger charge is -2.38. The highest BCUT2D eigenvalue weighted by molar-refractivity contribution is 7.80. The zero-order valence-electron chi connectivity index (χ0n) is 16.7. The summed E-state index contributed by atoms with van der Waals surface area (Å²) in [5.41, 5.74) is 0.646. The number of nitrogens with one attached hydrogen (secondary N) is 1. The number of hydrogen-bond donors (Lipinski definition) is 1.